The molecule has 0 radical (unpaired) electrons. The summed E-state index contributed by atoms with van der Waals surface area (Å²) < 4.78 is 15.8. The molecule has 1 fully saturated rings. The summed E-state index contributed by atoms with van der Waals surface area (Å²) in [6, 6.07) is 15.6. The van der Waals surface area contributed by atoms with E-state index in [-0.39, 0.29) is 5.91 Å². The van der Waals surface area contributed by atoms with E-state index in [1.807, 2.05) is 48.5 Å². The Bertz CT molecular complexity index is 666. The van der Waals surface area contributed by atoms with Crippen molar-refractivity contribution in [2.75, 3.05) is 32.2 Å². The molecule has 1 unspecified atom stereocenters. The molecule has 24 heavy (non-hydrogen) atoms. The molecule has 2 aromatic carbocycles. The molecule has 0 aliphatic carbocycles. The van der Waals surface area contributed by atoms with Gasteiger partial charge in [0.25, 0.3) is 5.91 Å². The number of hydrogen-bond acceptors (Lipinski definition) is 5. The van der Waals surface area contributed by atoms with Crippen LogP contribution in [0.1, 0.15) is 0 Å². The maximum atomic E-state index is 12.1. The molecule has 1 aliphatic rings. The lowest BCUT2D eigenvalue weighted by atomic mass is 10.3. The molecule has 1 atom stereocenters. The Kier molecular flexibility index (Phi) is 5.74. The number of nitrogens with one attached hydrogen (secondary N) is 1. The summed E-state index contributed by atoms with van der Waals surface area (Å²) in [5.74, 6) is 0.663. The number of anilines is 1. The fourth-order valence-corrected chi connectivity index (χ4v) is 3.06. The second-order valence-corrected chi connectivity index (χ2v) is 6.37. The summed E-state index contributed by atoms with van der Waals surface area (Å²) in [5, 5.41) is 2.85. The molecule has 6 heteroatoms. The van der Waals surface area contributed by atoms with E-state index in [0.29, 0.717) is 19.8 Å². The second kappa shape index (κ2) is 8.19. The number of benzene rings is 2. The van der Waals surface area contributed by atoms with Crippen molar-refractivity contribution in [3.05, 3.63) is 48.5 Å². The number of hydrogen-bond donors (Lipinski definition) is 1. The van der Waals surface area contributed by atoms with Crippen molar-refractivity contribution >= 4 is 23.4 Å². The average Bonchev–Trinajstić information content (AvgIpc) is 2.65. The molecule has 1 N–H and O–H groups in total. The Labute approximate surface area is 145 Å². The normalized spacial score (nSPS) is 17.3. The van der Waals surface area contributed by atoms with Gasteiger partial charge in [-0.1, -0.05) is 11.8 Å². The minimum absolute atomic E-state index is 0.176. The summed E-state index contributed by atoms with van der Waals surface area (Å²) in [6.07, 6.45) is -0.535. The molecule has 126 valence electrons. The summed E-state index contributed by atoms with van der Waals surface area (Å²) in [5.41, 5.74) is 0.744. The summed E-state index contributed by atoms with van der Waals surface area (Å²) in [4.78, 5) is 14.3. The Balaban J connectivity index is 1.57. The SMILES string of the molecule is COc1ccc(Sc2ccc(NC(=O)C3COCCO3)cc2)cc1. The molecule has 0 saturated carbocycles. The van der Waals surface area contributed by atoms with E-state index in [0.717, 1.165) is 21.2 Å². The lowest BCUT2D eigenvalue weighted by Gasteiger charge is -2.22. The third kappa shape index (κ3) is 4.50. The third-order valence-electron chi connectivity index (χ3n) is 3.53. The van der Waals surface area contributed by atoms with Gasteiger partial charge in [0.2, 0.25) is 0 Å². The van der Waals surface area contributed by atoms with E-state index in [1.165, 1.54) is 0 Å². The highest BCUT2D eigenvalue weighted by atomic mass is 32.2. The standard InChI is InChI=1S/C18H19NO4S/c1-21-14-4-8-16(9-5-14)24-15-6-2-13(3-7-15)19-18(20)17-12-22-10-11-23-17/h2-9,17H,10-12H2,1H3,(H,19,20). The zero-order valence-corrected chi connectivity index (χ0v) is 14.2. The summed E-state index contributed by atoms with van der Waals surface area (Å²) in [6.45, 7) is 1.30. The fourth-order valence-electron chi connectivity index (χ4n) is 2.25. The number of carbonyl (C=O) groups excluding carboxylic acids is 1. The average molecular weight is 345 g/mol. The van der Waals surface area contributed by atoms with Crippen molar-refractivity contribution in [3.63, 3.8) is 0 Å². The first-order chi connectivity index (χ1) is 11.7. The molecule has 3 rings (SSSR count). The molecule has 1 heterocycles. The minimum atomic E-state index is -0.535. The van der Waals surface area contributed by atoms with Gasteiger partial charge in [-0.25, -0.2) is 0 Å². The molecular weight excluding hydrogens is 326 g/mol. The highest BCUT2D eigenvalue weighted by molar-refractivity contribution is 7.99. The van der Waals surface area contributed by atoms with Gasteiger partial charge in [0.1, 0.15) is 5.75 Å². The van der Waals surface area contributed by atoms with Crippen molar-refractivity contribution in [1.29, 1.82) is 0 Å². The van der Waals surface area contributed by atoms with Gasteiger partial charge in [-0.15, -0.1) is 0 Å². The Morgan fingerprint density at radius 1 is 1.08 bits per heavy atom. The van der Waals surface area contributed by atoms with E-state index in [2.05, 4.69) is 5.32 Å². The Morgan fingerprint density at radius 3 is 2.33 bits per heavy atom. The first kappa shape index (κ1) is 16.8. The van der Waals surface area contributed by atoms with Crippen molar-refractivity contribution in [1.82, 2.24) is 0 Å². The largest absolute Gasteiger partial charge is 0.497 e. The van der Waals surface area contributed by atoms with Crippen LogP contribution in [-0.4, -0.2) is 38.9 Å². The van der Waals surface area contributed by atoms with Gasteiger partial charge in [-0.05, 0) is 48.5 Å². The van der Waals surface area contributed by atoms with Crippen LogP contribution < -0.4 is 10.1 Å². The first-order valence-electron chi connectivity index (χ1n) is 7.67. The summed E-state index contributed by atoms with van der Waals surface area (Å²) in [7, 11) is 1.65. The van der Waals surface area contributed by atoms with Crippen LogP contribution in [0.25, 0.3) is 0 Å². The van der Waals surface area contributed by atoms with Crippen molar-refractivity contribution in [3.8, 4) is 5.75 Å². The quantitative estimate of drug-likeness (QED) is 0.902. The molecule has 1 amide bonds. The van der Waals surface area contributed by atoms with Crippen molar-refractivity contribution in [2.24, 2.45) is 0 Å². The second-order valence-electron chi connectivity index (χ2n) is 5.23. The number of ether oxygens (including phenoxy) is 3. The molecule has 1 aliphatic heterocycles. The van der Waals surface area contributed by atoms with Crippen LogP contribution in [0.4, 0.5) is 5.69 Å². The number of methoxy groups -OCH3 is 1. The van der Waals surface area contributed by atoms with E-state index >= 15 is 0 Å². The van der Waals surface area contributed by atoms with Crippen LogP contribution >= 0.6 is 11.8 Å². The predicted molar refractivity (Wildman–Crippen MR) is 92.7 cm³/mol. The van der Waals surface area contributed by atoms with E-state index in [9.17, 15) is 4.79 Å². The van der Waals surface area contributed by atoms with Crippen LogP contribution in [0.2, 0.25) is 0 Å². The monoisotopic (exact) mass is 345 g/mol. The van der Waals surface area contributed by atoms with Gasteiger partial charge in [0, 0.05) is 15.5 Å². The first-order valence-corrected chi connectivity index (χ1v) is 8.48. The third-order valence-corrected chi connectivity index (χ3v) is 4.54. The molecule has 0 aromatic heterocycles. The van der Waals surface area contributed by atoms with Gasteiger partial charge in [0.15, 0.2) is 6.10 Å². The Hall–Kier alpha value is -2.02. The van der Waals surface area contributed by atoms with E-state index in [1.54, 1.807) is 18.9 Å². The van der Waals surface area contributed by atoms with Crippen LogP contribution in [-0.2, 0) is 14.3 Å². The lowest BCUT2D eigenvalue weighted by Crippen LogP contribution is -2.39. The number of amides is 1. The van der Waals surface area contributed by atoms with Crippen LogP contribution in [0.5, 0.6) is 5.75 Å². The molecule has 0 bridgehead atoms. The van der Waals surface area contributed by atoms with Crippen LogP contribution in [0, 0.1) is 0 Å². The maximum absolute atomic E-state index is 12.1. The van der Waals surface area contributed by atoms with Gasteiger partial charge >= 0.3 is 0 Å². The molecule has 5 nitrogen and oxygen atoms in total. The predicted octanol–water partition coefficient (Wildman–Crippen LogP) is 3.20. The number of rotatable bonds is 5. The van der Waals surface area contributed by atoms with Gasteiger partial charge in [0.05, 0.1) is 26.9 Å². The smallest absolute Gasteiger partial charge is 0.255 e. The van der Waals surface area contributed by atoms with E-state index in [4.69, 9.17) is 14.2 Å². The summed E-state index contributed by atoms with van der Waals surface area (Å²) >= 11 is 1.65. The van der Waals surface area contributed by atoms with Gasteiger partial charge < -0.3 is 19.5 Å². The topological polar surface area (TPSA) is 56.8 Å². The molecule has 1 saturated heterocycles. The molecule has 2 aromatic rings. The fraction of sp³-hybridized carbons (Fsp3) is 0.278. The van der Waals surface area contributed by atoms with Crippen LogP contribution in [0.3, 0.4) is 0 Å². The maximum Gasteiger partial charge on any atom is 0.255 e. The van der Waals surface area contributed by atoms with Crippen molar-refractivity contribution < 1.29 is 19.0 Å². The van der Waals surface area contributed by atoms with Crippen LogP contribution in [0.15, 0.2) is 58.3 Å². The van der Waals surface area contributed by atoms with Gasteiger partial charge in [-0.3, -0.25) is 4.79 Å². The number of carbonyl (C=O) groups is 1. The van der Waals surface area contributed by atoms with E-state index < -0.39 is 6.10 Å². The zero-order valence-electron chi connectivity index (χ0n) is 13.4. The van der Waals surface area contributed by atoms with Gasteiger partial charge in [-0.2, -0.15) is 0 Å². The minimum Gasteiger partial charge on any atom is -0.497 e. The lowest BCUT2D eigenvalue weighted by molar-refractivity contribution is -0.142. The molecule has 0 spiro atoms. The van der Waals surface area contributed by atoms with Crippen molar-refractivity contribution in [2.45, 2.75) is 15.9 Å². The molecular formula is C18H19NO4S. The highest BCUT2D eigenvalue weighted by Gasteiger charge is 2.22. The highest BCUT2D eigenvalue weighted by Crippen LogP contribution is 2.29. The zero-order chi connectivity index (χ0) is 16.8. The Morgan fingerprint density at radius 2 is 1.75 bits per heavy atom.